The average Bonchev–Trinajstić information content (AvgIpc) is 2.46. The summed E-state index contributed by atoms with van der Waals surface area (Å²) in [6, 6.07) is 11.9. The number of unbranched alkanes of at least 4 members (excludes halogenated alkanes) is 1. The molecule has 0 saturated carbocycles. The van der Waals surface area contributed by atoms with Crippen molar-refractivity contribution < 1.29 is 4.74 Å². The van der Waals surface area contributed by atoms with Gasteiger partial charge in [0.1, 0.15) is 18.2 Å². The van der Waals surface area contributed by atoms with E-state index in [0.29, 0.717) is 12.2 Å². The standard InChI is InChI=1S/C15H17NOS2/c1-2-3-9-19-12-14(10-16)15(18)17-11-13-7-5-4-6-8-13/h4-8,12H,2-3,9,11H2,1H3. The van der Waals surface area contributed by atoms with Gasteiger partial charge in [-0.05, 0) is 35.4 Å². The van der Waals surface area contributed by atoms with Gasteiger partial charge in [-0.3, -0.25) is 0 Å². The molecule has 100 valence electrons. The molecule has 0 saturated heterocycles. The van der Waals surface area contributed by atoms with Crippen molar-refractivity contribution in [1.82, 2.24) is 0 Å². The molecule has 1 aromatic rings. The van der Waals surface area contributed by atoms with Crippen molar-refractivity contribution in [3.05, 3.63) is 46.9 Å². The van der Waals surface area contributed by atoms with Gasteiger partial charge in [-0.15, -0.1) is 11.8 Å². The second kappa shape index (κ2) is 9.60. The van der Waals surface area contributed by atoms with E-state index in [1.54, 1.807) is 17.2 Å². The number of hydrogen-bond acceptors (Lipinski definition) is 4. The number of thiocarbonyl (C=S) groups is 1. The summed E-state index contributed by atoms with van der Waals surface area (Å²) in [7, 11) is 0. The van der Waals surface area contributed by atoms with Gasteiger partial charge in [-0.25, -0.2) is 0 Å². The Morgan fingerprint density at radius 1 is 1.42 bits per heavy atom. The van der Waals surface area contributed by atoms with Crippen LogP contribution in [0.5, 0.6) is 0 Å². The summed E-state index contributed by atoms with van der Waals surface area (Å²) in [5.41, 5.74) is 1.48. The van der Waals surface area contributed by atoms with Crippen LogP contribution in [0.25, 0.3) is 0 Å². The van der Waals surface area contributed by atoms with Crippen molar-refractivity contribution in [2.45, 2.75) is 26.4 Å². The molecular formula is C15H17NOS2. The minimum absolute atomic E-state index is 0.273. The predicted octanol–water partition coefficient (Wildman–Crippen LogP) is 4.47. The summed E-state index contributed by atoms with van der Waals surface area (Å²) in [6.45, 7) is 2.54. The van der Waals surface area contributed by atoms with Gasteiger partial charge in [0.15, 0.2) is 0 Å². The number of nitrogens with zero attached hydrogens (tertiary/aromatic N) is 1. The summed E-state index contributed by atoms with van der Waals surface area (Å²) >= 11 is 6.73. The van der Waals surface area contributed by atoms with E-state index in [1.165, 1.54) is 0 Å². The first kappa shape index (κ1) is 15.7. The predicted molar refractivity (Wildman–Crippen MR) is 84.9 cm³/mol. The Kier molecular flexibility index (Phi) is 7.95. The van der Waals surface area contributed by atoms with Gasteiger partial charge in [0.25, 0.3) is 0 Å². The summed E-state index contributed by atoms with van der Waals surface area (Å²) in [4.78, 5) is 0. The zero-order valence-corrected chi connectivity index (χ0v) is 12.6. The zero-order valence-electron chi connectivity index (χ0n) is 11.0. The molecule has 0 radical (unpaired) electrons. The van der Waals surface area contributed by atoms with Gasteiger partial charge in [0, 0.05) is 0 Å². The van der Waals surface area contributed by atoms with E-state index in [4.69, 9.17) is 22.2 Å². The minimum Gasteiger partial charge on any atom is -0.477 e. The lowest BCUT2D eigenvalue weighted by Gasteiger charge is -2.06. The highest BCUT2D eigenvalue weighted by Crippen LogP contribution is 2.12. The molecule has 0 atom stereocenters. The van der Waals surface area contributed by atoms with Crippen LogP contribution >= 0.6 is 24.0 Å². The molecule has 0 spiro atoms. The fraction of sp³-hybridized carbons (Fsp3) is 0.333. The van der Waals surface area contributed by atoms with Gasteiger partial charge in [-0.1, -0.05) is 43.7 Å². The Bertz CT molecular complexity index is 463. The molecule has 0 aliphatic rings. The molecule has 2 nitrogen and oxygen atoms in total. The van der Waals surface area contributed by atoms with Crippen molar-refractivity contribution >= 4 is 29.0 Å². The third kappa shape index (κ3) is 6.42. The van der Waals surface area contributed by atoms with E-state index in [2.05, 4.69) is 13.0 Å². The van der Waals surface area contributed by atoms with Crippen LogP contribution in [0.1, 0.15) is 25.3 Å². The molecule has 19 heavy (non-hydrogen) atoms. The molecule has 0 aliphatic carbocycles. The largest absolute Gasteiger partial charge is 0.477 e. The smallest absolute Gasteiger partial charge is 0.202 e. The van der Waals surface area contributed by atoms with Crippen LogP contribution in [0.4, 0.5) is 0 Å². The van der Waals surface area contributed by atoms with Crippen LogP contribution in [-0.2, 0) is 11.3 Å². The van der Waals surface area contributed by atoms with Crippen LogP contribution in [0.3, 0.4) is 0 Å². The van der Waals surface area contributed by atoms with Crippen LogP contribution in [0.15, 0.2) is 41.3 Å². The minimum atomic E-state index is 0.273. The van der Waals surface area contributed by atoms with E-state index in [9.17, 15) is 0 Å². The van der Waals surface area contributed by atoms with Crippen LogP contribution in [-0.4, -0.2) is 10.8 Å². The molecule has 1 aromatic carbocycles. The highest BCUT2D eigenvalue weighted by atomic mass is 32.2. The molecule has 4 heteroatoms. The molecule has 0 aliphatic heterocycles. The van der Waals surface area contributed by atoms with Crippen molar-refractivity contribution in [2.24, 2.45) is 0 Å². The van der Waals surface area contributed by atoms with Crippen molar-refractivity contribution in [3.8, 4) is 6.07 Å². The summed E-state index contributed by atoms with van der Waals surface area (Å²) in [6.07, 6.45) is 2.29. The monoisotopic (exact) mass is 291 g/mol. The third-order valence-electron chi connectivity index (χ3n) is 2.37. The van der Waals surface area contributed by atoms with Crippen LogP contribution < -0.4 is 0 Å². The average molecular weight is 291 g/mol. The molecule has 0 heterocycles. The van der Waals surface area contributed by atoms with Gasteiger partial charge in [-0.2, -0.15) is 5.26 Å². The molecule has 0 fully saturated rings. The molecule has 1 rings (SSSR count). The van der Waals surface area contributed by atoms with Crippen LogP contribution in [0, 0.1) is 11.3 Å². The van der Waals surface area contributed by atoms with E-state index < -0.39 is 0 Å². The molecular weight excluding hydrogens is 274 g/mol. The molecule has 0 bridgehead atoms. The molecule has 0 N–H and O–H groups in total. The Morgan fingerprint density at radius 2 is 2.16 bits per heavy atom. The Balaban J connectivity index is 2.44. The lowest BCUT2D eigenvalue weighted by Crippen LogP contribution is -2.04. The fourth-order valence-corrected chi connectivity index (χ4v) is 2.43. The fourth-order valence-electron chi connectivity index (χ4n) is 1.29. The van der Waals surface area contributed by atoms with E-state index in [1.807, 2.05) is 30.3 Å². The first-order valence-electron chi connectivity index (χ1n) is 6.20. The quantitative estimate of drug-likeness (QED) is 0.321. The second-order valence-electron chi connectivity index (χ2n) is 3.93. The van der Waals surface area contributed by atoms with Gasteiger partial charge in [0.05, 0.1) is 0 Å². The maximum absolute atomic E-state index is 9.05. The zero-order chi connectivity index (χ0) is 13.9. The number of ether oxygens (including phenoxy) is 1. The topological polar surface area (TPSA) is 33.0 Å². The lowest BCUT2D eigenvalue weighted by atomic mass is 10.2. The van der Waals surface area contributed by atoms with E-state index in [-0.39, 0.29) is 5.05 Å². The second-order valence-corrected chi connectivity index (χ2v) is 5.28. The maximum atomic E-state index is 9.05. The molecule has 0 unspecified atom stereocenters. The van der Waals surface area contributed by atoms with E-state index >= 15 is 0 Å². The van der Waals surface area contributed by atoms with Crippen molar-refractivity contribution in [3.63, 3.8) is 0 Å². The maximum Gasteiger partial charge on any atom is 0.202 e. The number of nitriles is 1. The summed E-state index contributed by atoms with van der Waals surface area (Å²) < 4.78 is 5.47. The Morgan fingerprint density at radius 3 is 2.79 bits per heavy atom. The van der Waals surface area contributed by atoms with Gasteiger partial charge in [0.2, 0.25) is 5.05 Å². The summed E-state index contributed by atoms with van der Waals surface area (Å²) in [5.74, 6) is 1.00. The Labute approximate surface area is 124 Å². The third-order valence-corrected chi connectivity index (χ3v) is 3.63. The van der Waals surface area contributed by atoms with Crippen LogP contribution in [0.2, 0.25) is 0 Å². The molecule has 0 amide bonds. The van der Waals surface area contributed by atoms with Gasteiger partial charge < -0.3 is 4.74 Å². The SMILES string of the molecule is CCCCSC=C(C#N)C(=S)OCc1ccccc1. The summed E-state index contributed by atoms with van der Waals surface area (Å²) in [5, 5.41) is 11.1. The number of rotatable bonds is 7. The first-order valence-corrected chi connectivity index (χ1v) is 7.66. The van der Waals surface area contributed by atoms with Crippen molar-refractivity contribution in [2.75, 3.05) is 5.75 Å². The first-order chi connectivity index (χ1) is 9.27. The number of hydrogen-bond donors (Lipinski definition) is 0. The molecule has 0 aromatic heterocycles. The highest BCUT2D eigenvalue weighted by Gasteiger charge is 2.05. The van der Waals surface area contributed by atoms with Gasteiger partial charge >= 0.3 is 0 Å². The Hall–Kier alpha value is -1.31. The highest BCUT2D eigenvalue weighted by molar-refractivity contribution is 8.02. The van der Waals surface area contributed by atoms with Crippen molar-refractivity contribution in [1.29, 1.82) is 5.26 Å². The normalized spacial score (nSPS) is 10.8. The lowest BCUT2D eigenvalue weighted by molar-refractivity contribution is 0.302. The van der Waals surface area contributed by atoms with E-state index in [0.717, 1.165) is 24.2 Å². The number of benzene rings is 1. The number of thioether (sulfide) groups is 1.